The van der Waals surface area contributed by atoms with Crippen LogP contribution < -0.4 is 20.7 Å². The van der Waals surface area contributed by atoms with Gasteiger partial charge in [0.25, 0.3) is 0 Å². The molecule has 2 rings (SSSR count). The Morgan fingerprint density at radius 2 is 1.76 bits per heavy atom. The van der Waals surface area contributed by atoms with Crippen molar-refractivity contribution in [3.8, 4) is 5.75 Å². The molecular formula is C14H17N3O3S. The number of nitrogens with two attached hydrogens (primary N) is 1. The van der Waals surface area contributed by atoms with Crippen LogP contribution in [-0.2, 0) is 16.6 Å². The Morgan fingerprint density at radius 1 is 1.10 bits per heavy atom. The number of hydrogen-bond acceptors (Lipinski definition) is 5. The minimum atomic E-state index is -3.64. The van der Waals surface area contributed by atoms with Crippen LogP contribution in [0, 0.1) is 0 Å². The van der Waals surface area contributed by atoms with E-state index in [1.807, 2.05) is 0 Å². The SMILES string of the molecule is COc1ccc(CNS(=O)(=O)c2ccccc2NN)cc1. The summed E-state index contributed by atoms with van der Waals surface area (Å²) in [5.74, 6) is 6.05. The van der Waals surface area contributed by atoms with E-state index < -0.39 is 10.0 Å². The molecule has 0 aliphatic carbocycles. The number of nitrogen functional groups attached to an aromatic ring is 1. The van der Waals surface area contributed by atoms with E-state index in [1.165, 1.54) is 6.07 Å². The molecule has 0 aliphatic heterocycles. The number of anilines is 1. The van der Waals surface area contributed by atoms with Gasteiger partial charge in [0.2, 0.25) is 10.0 Å². The first kappa shape index (κ1) is 15.3. The molecule has 21 heavy (non-hydrogen) atoms. The number of sulfonamides is 1. The Hall–Kier alpha value is -2.09. The van der Waals surface area contributed by atoms with Gasteiger partial charge in [0.1, 0.15) is 10.6 Å². The molecule has 0 spiro atoms. The Kier molecular flexibility index (Phi) is 4.79. The fourth-order valence-electron chi connectivity index (χ4n) is 1.82. The van der Waals surface area contributed by atoms with Crippen LogP contribution in [0.5, 0.6) is 5.75 Å². The zero-order valence-corrected chi connectivity index (χ0v) is 12.4. The zero-order chi connectivity index (χ0) is 15.3. The van der Waals surface area contributed by atoms with Gasteiger partial charge in [-0.25, -0.2) is 13.1 Å². The van der Waals surface area contributed by atoms with Gasteiger partial charge in [-0.2, -0.15) is 0 Å². The molecule has 0 fully saturated rings. The van der Waals surface area contributed by atoms with Crippen molar-refractivity contribution in [3.05, 3.63) is 54.1 Å². The molecule has 0 aliphatic rings. The second kappa shape index (κ2) is 6.57. The molecule has 0 saturated heterocycles. The number of methoxy groups -OCH3 is 1. The number of ether oxygens (including phenoxy) is 1. The van der Waals surface area contributed by atoms with Gasteiger partial charge in [-0.3, -0.25) is 5.84 Å². The van der Waals surface area contributed by atoms with Crippen molar-refractivity contribution in [1.82, 2.24) is 4.72 Å². The molecule has 0 atom stereocenters. The minimum Gasteiger partial charge on any atom is -0.497 e. The Bertz CT molecular complexity index is 700. The lowest BCUT2D eigenvalue weighted by Crippen LogP contribution is -2.25. The predicted molar refractivity (Wildman–Crippen MR) is 81.3 cm³/mol. The van der Waals surface area contributed by atoms with Crippen LogP contribution in [0.1, 0.15) is 5.56 Å². The number of benzene rings is 2. The monoisotopic (exact) mass is 307 g/mol. The molecule has 0 unspecified atom stereocenters. The average Bonchev–Trinajstić information content (AvgIpc) is 2.53. The molecule has 0 aromatic heterocycles. The summed E-state index contributed by atoms with van der Waals surface area (Å²) in [6.07, 6.45) is 0. The maximum atomic E-state index is 12.3. The van der Waals surface area contributed by atoms with Crippen molar-refractivity contribution in [2.45, 2.75) is 11.4 Å². The molecule has 0 radical (unpaired) electrons. The van der Waals surface area contributed by atoms with E-state index in [9.17, 15) is 8.42 Å². The third-order valence-corrected chi connectivity index (χ3v) is 4.42. The number of para-hydroxylation sites is 1. The van der Waals surface area contributed by atoms with Crippen LogP contribution in [0.2, 0.25) is 0 Å². The molecule has 2 aromatic rings. The Labute approximate surface area is 124 Å². The summed E-state index contributed by atoms with van der Waals surface area (Å²) in [6.45, 7) is 0.186. The molecule has 6 nitrogen and oxygen atoms in total. The molecule has 7 heteroatoms. The third-order valence-electron chi connectivity index (χ3n) is 2.96. The van der Waals surface area contributed by atoms with Crippen LogP contribution >= 0.6 is 0 Å². The van der Waals surface area contributed by atoms with Crippen molar-refractivity contribution in [1.29, 1.82) is 0 Å². The van der Waals surface area contributed by atoms with Gasteiger partial charge < -0.3 is 10.2 Å². The molecule has 2 aromatic carbocycles. The molecule has 0 saturated carbocycles. The van der Waals surface area contributed by atoms with E-state index in [-0.39, 0.29) is 11.4 Å². The summed E-state index contributed by atoms with van der Waals surface area (Å²) < 4.78 is 32.1. The molecular weight excluding hydrogens is 290 g/mol. The van der Waals surface area contributed by atoms with Gasteiger partial charge in [-0.1, -0.05) is 24.3 Å². The number of hydrogen-bond donors (Lipinski definition) is 3. The summed E-state index contributed by atoms with van der Waals surface area (Å²) >= 11 is 0. The largest absolute Gasteiger partial charge is 0.497 e. The molecule has 0 heterocycles. The highest BCUT2D eigenvalue weighted by atomic mass is 32.2. The normalized spacial score (nSPS) is 11.1. The first-order valence-electron chi connectivity index (χ1n) is 6.25. The Morgan fingerprint density at radius 3 is 2.38 bits per heavy atom. The highest BCUT2D eigenvalue weighted by Gasteiger charge is 2.17. The third kappa shape index (κ3) is 3.72. The lowest BCUT2D eigenvalue weighted by atomic mass is 10.2. The summed E-state index contributed by atoms with van der Waals surface area (Å²) in [5.41, 5.74) is 3.56. The van der Waals surface area contributed by atoms with Crippen LogP contribution in [0.3, 0.4) is 0 Å². The van der Waals surface area contributed by atoms with Crippen LogP contribution in [0.4, 0.5) is 5.69 Å². The fourth-order valence-corrected chi connectivity index (χ4v) is 3.01. The second-order valence-corrected chi connectivity index (χ2v) is 6.05. The predicted octanol–water partition coefficient (Wildman–Crippen LogP) is 1.46. The zero-order valence-electron chi connectivity index (χ0n) is 11.5. The van der Waals surface area contributed by atoms with Gasteiger partial charge in [0, 0.05) is 6.54 Å². The number of rotatable bonds is 6. The van der Waals surface area contributed by atoms with E-state index in [1.54, 1.807) is 49.6 Å². The lowest BCUT2D eigenvalue weighted by molar-refractivity contribution is 0.414. The first-order chi connectivity index (χ1) is 10.1. The number of nitrogens with one attached hydrogen (secondary N) is 2. The second-order valence-electron chi connectivity index (χ2n) is 4.31. The topological polar surface area (TPSA) is 93.4 Å². The fraction of sp³-hybridized carbons (Fsp3) is 0.143. The van der Waals surface area contributed by atoms with E-state index in [0.717, 1.165) is 11.3 Å². The van der Waals surface area contributed by atoms with E-state index >= 15 is 0 Å². The van der Waals surface area contributed by atoms with Crippen LogP contribution in [0.25, 0.3) is 0 Å². The quantitative estimate of drug-likeness (QED) is 0.555. The number of hydrazine groups is 1. The highest BCUT2D eigenvalue weighted by Crippen LogP contribution is 2.20. The summed E-state index contributed by atoms with van der Waals surface area (Å²) in [6, 6.07) is 13.6. The average molecular weight is 307 g/mol. The Balaban J connectivity index is 2.13. The van der Waals surface area contributed by atoms with E-state index in [4.69, 9.17) is 10.6 Å². The molecule has 0 amide bonds. The van der Waals surface area contributed by atoms with Crippen molar-refractivity contribution in [3.63, 3.8) is 0 Å². The van der Waals surface area contributed by atoms with Gasteiger partial charge in [-0.15, -0.1) is 0 Å². The van der Waals surface area contributed by atoms with Gasteiger partial charge in [0.15, 0.2) is 0 Å². The van der Waals surface area contributed by atoms with Crippen LogP contribution in [-0.4, -0.2) is 15.5 Å². The van der Waals surface area contributed by atoms with Crippen molar-refractivity contribution in [2.75, 3.05) is 12.5 Å². The van der Waals surface area contributed by atoms with Gasteiger partial charge >= 0.3 is 0 Å². The van der Waals surface area contributed by atoms with Crippen LogP contribution in [0.15, 0.2) is 53.4 Å². The molecule has 4 N–H and O–H groups in total. The van der Waals surface area contributed by atoms with E-state index in [2.05, 4.69) is 10.1 Å². The van der Waals surface area contributed by atoms with Gasteiger partial charge in [-0.05, 0) is 29.8 Å². The maximum absolute atomic E-state index is 12.3. The van der Waals surface area contributed by atoms with Crippen molar-refractivity contribution < 1.29 is 13.2 Å². The summed E-state index contributed by atoms with van der Waals surface area (Å²) in [4.78, 5) is 0.112. The minimum absolute atomic E-state index is 0.112. The summed E-state index contributed by atoms with van der Waals surface area (Å²) in [5, 5.41) is 0. The van der Waals surface area contributed by atoms with Gasteiger partial charge in [0.05, 0.1) is 12.8 Å². The maximum Gasteiger partial charge on any atom is 0.242 e. The molecule has 112 valence electrons. The first-order valence-corrected chi connectivity index (χ1v) is 7.73. The van der Waals surface area contributed by atoms with Crippen molar-refractivity contribution >= 4 is 15.7 Å². The van der Waals surface area contributed by atoms with Crippen molar-refractivity contribution in [2.24, 2.45) is 5.84 Å². The molecule has 0 bridgehead atoms. The standard InChI is InChI=1S/C14H17N3O3S/c1-20-12-8-6-11(7-9-12)10-16-21(18,19)14-5-3-2-4-13(14)17-15/h2-9,16-17H,10,15H2,1H3. The van der Waals surface area contributed by atoms with E-state index in [0.29, 0.717) is 5.69 Å². The highest BCUT2D eigenvalue weighted by molar-refractivity contribution is 7.89. The lowest BCUT2D eigenvalue weighted by Gasteiger charge is -2.11. The summed E-state index contributed by atoms with van der Waals surface area (Å²) in [7, 11) is -2.06. The smallest absolute Gasteiger partial charge is 0.242 e.